The van der Waals surface area contributed by atoms with E-state index in [1.165, 1.54) is 23.7 Å². The number of aromatic nitrogens is 2. The number of nitro benzene ring substituents is 1. The lowest BCUT2D eigenvalue weighted by Crippen LogP contribution is -2.50. The third kappa shape index (κ3) is 4.48. The number of aryl methyl sites for hydroxylation is 2. The second-order valence-electron chi connectivity index (χ2n) is 8.20. The fraction of sp³-hybridized carbons (Fsp3) is 0.292. The van der Waals surface area contributed by atoms with Crippen molar-refractivity contribution in [3.8, 4) is 16.9 Å². The molecule has 0 radical (unpaired) electrons. The number of nitrogens with zero attached hydrogens (tertiary/aromatic N) is 5. The summed E-state index contributed by atoms with van der Waals surface area (Å²) >= 11 is 0. The van der Waals surface area contributed by atoms with E-state index in [0.29, 0.717) is 43.3 Å². The standard InChI is InChI=1S/C24H25N5O4/c1-16-7-8-19(13-17(16)2)22-15-23(24(31)27-11-9-26(10-12-27)18(3)30)28(25-22)20-5-4-6-21(14-20)29(32)33/h4-8,13-15H,9-12H2,1-3H3. The Morgan fingerprint density at radius 3 is 2.27 bits per heavy atom. The van der Waals surface area contributed by atoms with Crippen LogP contribution in [0.2, 0.25) is 0 Å². The lowest BCUT2D eigenvalue weighted by molar-refractivity contribution is -0.384. The van der Waals surface area contributed by atoms with E-state index in [2.05, 4.69) is 5.10 Å². The summed E-state index contributed by atoms with van der Waals surface area (Å²) in [5.41, 5.74) is 4.39. The number of carbonyl (C=O) groups excluding carboxylic acids is 2. The molecule has 3 aromatic rings. The van der Waals surface area contributed by atoms with Crippen molar-refractivity contribution in [1.29, 1.82) is 0 Å². The Bertz CT molecular complexity index is 1240. The van der Waals surface area contributed by atoms with E-state index < -0.39 is 4.92 Å². The lowest BCUT2D eigenvalue weighted by atomic mass is 10.0. The summed E-state index contributed by atoms with van der Waals surface area (Å²) in [5.74, 6) is -0.243. The summed E-state index contributed by atoms with van der Waals surface area (Å²) in [6.07, 6.45) is 0. The number of amides is 2. The van der Waals surface area contributed by atoms with Gasteiger partial charge in [-0.1, -0.05) is 18.2 Å². The minimum atomic E-state index is -0.473. The van der Waals surface area contributed by atoms with E-state index in [1.54, 1.807) is 28.0 Å². The van der Waals surface area contributed by atoms with E-state index in [1.807, 2.05) is 32.0 Å². The second kappa shape index (κ2) is 8.85. The molecule has 1 aromatic heterocycles. The molecule has 0 aliphatic carbocycles. The number of hydrogen-bond donors (Lipinski definition) is 0. The Hall–Kier alpha value is -4.01. The fourth-order valence-electron chi connectivity index (χ4n) is 3.90. The van der Waals surface area contributed by atoms with Crippen molar-refractivity contribution < 1.29 is 14.5 Å². The van der Waals surface area contributed by atoms with Crippen LogP contribution in [0.1, 0.15) is 28.5 Å². The normalized spacial score (nSPS) is 13.8. The molecule has 9 heteroatoms. The van der Waals surface area contributed by atoms with Gasteiger partial charge in [0.1, 0.15) is 5.69 Å². The zero-order chi connectivity index (χ0) is 23.7. The van der Waals surface area contributed by atoms with Crippen molar-refractivity contribution in [2.75, 3.05) is 26.2 Å². The number of hydrogen-bond acceptors (Lipinski definition) is 5. The summed E-state index contributed by atoms with van der Waals surface area (Å²) in [6.45, 7) is 7.32. The van der Waals surface area contributed by atoms with Crippen LogP contribution in [0.3, 0.4) is 0 Å². The summed E-state index contributed by atoms with van der Waals surface area (Å²) < 4.78 is 1.47. The minimum Gasteiger partial charge on any atom is -0.339 e. The lowest BCUT2D eigenvalue weighted by Gasteiger charge is -2.34. The molecule has 0 bridgehead atoms. The molecule has 0 N–H and O–H groups in total. The molecule has 4 rings (SSSR count). The van der Waals surface area contributed by atoms with E-state index in [9.17, 15) is 19.7 Å². The molecule has 1 aliphatic heterocycles. The molecule has 0 saturated carbocycles. The number of benzene rings is 2. The summed E-state index contributed by atoms with van der Waals surface area (Å²) in [5, 5.41) is 16.0. The first-order chi connectivity index (χ1) is 15.7. The first-order valence-corrected chi connectivity index (χ1v) is 10.7. The largest absolute Gasteiger partial charge is 0.339 e. The molecule has 33 heavy (non-hydrogen) atoms. The molecule has 0 spiro atoms. The maximum atomic E-state index is 13.5. The first kappa shape index (κ1) is 22.2. The van der Waals surface area contributed by atoms with Crippen molar-refractivity contribution >= 4 is 17.5 Å². The smallest absolute Gasteiger partial charge is 0.272 e. The van der Waals surface area contributed by atoms with Gasteiger partial charge < -0.3 is 9.80 Å². The van der Waals surface area contributed by atoms with E-state index in [4.69, 9.17) is 0 Å². The zero-order valence-corrected chi connectivity index (χ0v) is 18.8. The Morgan fingerprint density at radius 1 is 0.939 bits per heavy atom. The number of carbonyl (C=O) groups is 2. The van der Waals surface area contributed by atoms with Crippen LogP contribution in [-0.4, -0.2) is 62.5 Å². The van der Waals surface area contributed by atoms with E-state index >= 15 is 0 Å². The Labute approximate surface area is 191 Å². The zero-order valence-electron chi connectivity index (χ0n) is 18.8. The number of rotatable bonds is 4. The molecule has 1 saturated heterocycles. The highest BCUT2D eigenvalue weighted by atomic mass is 16.6. The number of non-ortho nitro benzene ring substituents is 1. The average molecular weight is 447 g/mol. The topological polar surface area (TPSA) is 102 Å². The SMILES string of the molecule is CC(=O)N1CCN(C(=O)c2cc(-c3ccc(C)c(C)c3)nn2-c2cccc([N+](=O)[O-])c2)CC1. The third-order valence-corrected chi connectivity index (χ3v) is 6.03. The molecule has 1 aliphatic rings. The van der Waals surface area contributed by atoms with Gasteiger partial charge in [-0.25, -0.2) is 4.68 Å². The van der Waals surface area contributed by atoms with Gasteiger partial charge in [0, 0.05) is 50.8 Å². The van der Waals surface area contributed by atoms with Gasteiger partial charge >= 0.3 is 0 Å². The van der Waals surface area contributed by atoms with Gasteiger partial charge in [-0.3, -0.25) is 19.7 Å². The quantitative estimate of drug-likeness (QED) is 0.451. The highest BCUT2D eigenvalue weighted by Crippen LogP contribution is 2.26. The van der Waals surface area contributed by atoms with Gasteiger partial charge in [0.2, 0.25) is 5.91 Å². The Kier molecular flexibility index (Phi) is 5.95. The maximum absolute atomic E-state index is 13.5. The highest BCUT2D eigenvalue weighted by Gasteiger charge is 2.27. The fourth-order valence-corrected chi connectivity index (χ4v) is 3.90. The van der Waals surface area contributed by atoms with Crippen molar-refractivity contribution in [3.63, 3.8) is 0 Å². The summed E-state index contributed by atoms with van der Waals surface area (Å²) in [4.78, 5) is 39.3. The molecular formula is C24H25N5O4. The van der Waals surface area contributed by atoms with Gasteiger partial charge in [-0.2, -0.15) is 5.10 Å². The van der Waals surface area contributed by atoms with E-state index in [0.717, 1.165) is 16.7 Å². The molecule has 2 aromatic carbocycles. The molecule has 170 valence electrons. The Balaban J connectivity index is 1.76. The van der Waals surface area contributed by atoms with Crippen LogP contribution in [0.25, 0.3) is 16.9 Å². The highest BCUT2D eigenvalue weighted by molar-refractivity contribution is 5.94. The molecule has 0 atom stereocenters. The molecule has 2 heterocycles. The van der Waals surface area contributed by atoms with Crippen LogP contribution in [0, 0.1) is 24.0 Å². The third-order valence-electron chi connectivity index (χ3n) is 6.03. The van der Waals surface area contributed by atoms with Crippen molar-refractivity contribution in [3.05, 3.63) is 75.5 Å². The predicted molar refractivity (Wildman–Crippen MR) is 123 cm³/mol. The second-order valence-corrected chi connectivity index (χ2v) is 8.20. The van der Waals surface area contributed by atoms with Gasteiger partial charge in [-0.15, -0.1) is 0 Å². The van der Waals surface area contributed by atoms with Crippen LogP contribution in [0.5, 0.6) is 0 Å². The van der Waals surface area contributed by atoms with Crippen molar-refractivity contribution in [1.82, 2.24) is 19.6 Å². The van der Waals surface area contributed by atoms with Crippen molar-refractivity contribution in [2.45, 2.75) is 20.8 Å². The van der Waals surface area contributed by atoms with Crippen LogP contribution in [0.4, 0.5) is 5.69 Å². The average Bonchev–Trinajstić information content (AvgIpc) is 3.26. The van der Waals surface area contributed by atoms with Crippen LogP contribution < -0.4 is 0 Å². The Morgan fingerprint density at radius 2 is 1.64 bits per heavy atom. The predicted octanol–water partition coefficient (Wildman–Crippen LogP) is 3.37. The van der Waals surface area contributed by atoms with Gasteiger partial charge in [0.05, 0.1) is 16.3 Å². The minimum absolute atomic E-state index is 0.0132. The molecule has 2 amide bonds. The van der Waals surface area contributed by atoms with Gasteiger partial charge in [0.25, 0.3) is 11.6 Å². The number of nitro groups is 1. The maximum Gasteiger partial charge on any atom is 0.272 e. The summed E-state index contributed by atoms with van der Waals surface area (Å²) in [6, 6.07) is 13.8. The number of piperazine rings is 1. The summed E-state index contributed by atoms with van der Waals surface area (Å²) in [7, 11) is 0. The van der Waals surface area contributed by atoms with Crippen molar-refractivity contribution in [2.24, 2.45) is 0 Å². The molecule has 9 nitrogen and oxygen atoms in total. The molecule has 0 unspecified atom stereocenters. The van der Waals surface area contributed by atoms with Gasteiger partial charge in [0.15, 0.2) is 0 Å². The van der Waals surface area contributed by atoms with Gasteiger partial charge in [-0.05, 0) is 43.2 Å². The van der Waals surface area contributed by atoms with E-state index in [-0.39, 0.29) is 17.5 Å². The van der Waals surface area contributed by atoms with Crippen LogP contribution in [0.15, 0.2) is 48.5 Å². The molecule has 1 fully saturated rings. The first-order valence-electron chi connectivity index (χ1n) is 10.7. The monoisotopic (exact) mass is 447 g/mol. The van der Waals surface area contributed by atoms with Crippen LogP contribution in [-0.2, 0) is 4.79 Å². The molecular weight excluding hydrogens is 422 g/mol. The van der Waals surface area contributed by atoms with Crippen LogP contribution >= 0.6 is 0 Å².